The molecule has 110 valence electrons. The van der Waals surface area contributed by atoms with Crippen molar-refractivity contribution in [2.45, 2.75) is 12.8 Å². The van der Waals surface area contributed by atoms with Crippen LogP contribution in [0.15, 0.2) is 12.4 Å². The van der Waals surface area contributed by atoms with Crippen LogP contribution in [0.3, 0.4) is 0 Å². The second-order valence-electron chi connectivity index (χ2n) is 4.81. The number of amides is 1. The number of hydrogen-bond donors (Lipinski definition) is 3. The van der Waals surface area contributed by atoms with E-state index in [1.807, 2.05) is 0 Å². The standard InChI is InChI=1S/C12H20N6OS/c1-17(14)7-9(13)10-6-15-12(20-10)16-11(19)8-18-4-2-3-5-18/h6-7H,2-5,8,13-14H2,1H3,(H,15,16,19)/b9-7-. The number of carbonyl (C=O) groups excluding carboxylic acids is 1. The molecule has 2 heterocycles. The van der Waals surface area contributed by atoms with E-state index >= 15 is 0 Å². The molecule has 1 amide bonds. The van der Waals surface area contributed by atoms with Crippen molar-refractivity contribution in [1.82, 2.24) is 14.9 Å². The van der Waals surface area contributed by atoms with Crippen molar-refractivity contribution in [2.24, 2.45) is 11.6 Å². The van der Waals surface area contributed by atoms with Crippen molar-refractivity contribution in [3.63, 3.8) is 0 Å². The van der Waals surface area contributed by atoms with Gasteiger partial charge >= 0.3 is 0 Å². The molecule has 7 nitrogen and oxygen atoms in total. The molecule has 8 heteroatoms. The van der Waals surface area contributed by atoms with Gasteiger partial charge in [-0.15, -0.1) is 0 Å². The van der Waals surface area contributed by atoms with Crippen LogP contribution in [0.5, 0.6) is 0 Å². The Balaban J connectivity index is 1.90. The number of anilines is 1. The van der Waals surface area contributed by atoms with Gasteiger partial charge < -0.3 is 16.1 Å². The summed E-state index contributed by atoms with van der Waals surface area (Å²) < 4.78 is 0. The van der Waals surface area contributed by atoms with Crippen LogP contribution in [-0.4, -0.2) is 47.5 Å². The lowest BCUT2D eigenvalue weighted by molar-refractivity contribution is -0.117. The molecule has 0 saturated carbocycles. The lowest BCUT2D eigenvalue weighted by atomic mass is 10.4. The van der Waals surface area contributed by atoms with Crippen LogP contribution in [0.1, 0.15) is 17.7 Å². The van der Waals surface area contributed by atoms with Gasteiger partial charge in [0.2, 0.25) is 5.91 Å². The quantitative estimate of drug-likeness (QED) is 0.531. The highest BCUT2D eigenvalue weighted by Gasteiger charge is 2.16. The third-order valence-electron chi connectivity index (χ3n) is 2.95. The Morgan fingerprint density at radius 1 is 1.60 bits per heavy atom. The van der Waals surface area contributed by atoms with Gasteiger partial charge in [-0.25, -0.2) is 10.8 Å². The van der Waals surface area contributed by atoms with Gasteiger partial charge in [-0.1, -0.05) is 11.3 Å². The van der Waals surface area contributed by atoms with Crippen molar-refractivity contribution in [3.8, 4) is 0 Å². The maximum atomic E-state index is 11.9. The van der Waals surface area contributed by atoms with Crippen molar-refractivity contribution in [2.75, 3.05) is 32.0 Å². The van der Waals surface area contributed by atoms with Crippen LogP contribution in [0.4, 0.5) is 5.13 Å². The number of carbonyl (C=O) groups is 1. The van der Waals surface area contributed by atoms with E-state index in [1.165, 1.54) is 29.2 Å². The van der Waals surface area contributed by atoms with Gasteiger partial charge in [0.1, 0.15) is 0 Å². The number of thiazole rings is 1. The SMILES string of the molecule is CN(N)/C=C(\N)c1cnc(NC(=O)CN2CCCC2)s1. The number of aromatic nitrogens is 1. The van der Waals surface area contributed by atoms with Crippen molar-refractivity contribution >= 4 is 28.1 Å². The van der Waals surface area contributed by atoms with Crippen LogP contribution in [0.2, 0.25) is 0 Å². The number of nitrogens with two attached hydrogens (primary N) is 2. The smallest absolute Gasteiger partial charge is 0.240 e. The van der Waals surface area contributed by atoms with Gasteiger partial charge in [0.15, 0.2) is 5.13 Å². The van der Waals surface area contributed by atoms with Gasteiger partial charge in [-0.05, 0) is 25.9 Å². The highest BCUT2D eigenvalue weighted by atomic mass is 32.1. The zero-order valence-electron chi connectivity index (χ0n) is 11.5. The molecular weight excluding hydrogens is 276 g/mol. The Bertz CT molecular complexity index is 492. The zero-order valence-corrected chi connectivity index (χ0v) is 12.3. The fourth-order valence-corrected chi connectivity index (χ4v) is 2.81. The highest BCUT2D eigenvalue weighted by Crippen LogP contribution is 2.22. The van der Waals surface area contributed by atoms with Crippen LogP contribution < -0.4 is 16.9 Å². The lowest BCUT2D eigenvalue weighted by Crippen LogP contribution is -2.30. The van der Waals surface area contributed by atoms with E-state index in [0.29, 0.717) is 17.4 Å². The monoisotopic (exact) mass is 296 g/mol. The minimum absolute atomic E-state index is 0.0358. The fourth-order valence-electron chi connectivity index (χ4n) is 2.05. The number of rotatable bonds is 5. The predicted molar refractivity (Wildman–Crippen MR) is 80.5 cm³/mol. The van der Waals surface area contributed by atoms with Crippen LogP contribution in [0.25, 0.3) is 5.70 Å². The summed E-state index contributed by atoms with van der Waals surface area (Å²) in [4.78, 5) is 18.9. The van der Waals surface area contributed by atoms with Gasteiger partial charge in [0.05, 0.1) is 17.1 Å². The first-order valence-electron chi connectivity index (χ1n) is 6.48. The number of hydrazine groups is 1. The molecule has 2 rings (SSSR count). The first kappa shape index (κ1) is 14.8. The zero-order chi connectivity index (χ0) is 14.5. The van der Waals surface area contributed by atoms with E-state index in [9.17, 15) is 4.79 Å². The minimum atomic E-state index is -0.0358. The summed E-state index contributed by atoms with van der Waals surface area (Å²) in [6, 6.07) is 0. The molecule has 1 saturated heterocycles. The van der Waals surface area contributed by atoms with Gasteiger partial charge in [0.25, 0.3) is 0 Å². The Morgan fingerprint density at radius 2 is 2.30 bits per heavy atom. The number of likely N-dealkylation sites (tertiary alicyclic amines) is 1. The molecule has 5 N–H and O–H groups in total. The lowest BCUT2D eigenvalue weighted by Gasteiger charge is -2.12. The summed E-state index contributed by atoms with van der Waals surface area (Å²) in [6.07, 6.45) is 5.57. The molecule has 0 bridgehead atoms. The Morgan fingerprint density at radius 3 is 2.95 bits per heavy atom. The maximum absolute atomic E-state index is 11.9. The Kier molecular flexibility index (Phi) is 4.94. The van der Waals surface area contributed by atoms with E-state index in [4.69, 9.17) is 11.6 Å². The van der Waals surface area contributed by atoms with E-state index in [0.717, 1.165) is 18.0 Å². The molecule has 1 aromatic heterocycles. The molecule has 0 atom stereocenters. The number of hydrogen-bond acceptors (Lipinski definition) is 7. The second kappa shape index (κ2) is 6.69. The first-order valence-corrected chi connectivity index (χ1v) is 7.29. The maximum Gasteiger partial charge on any atom is 0.240 e. The van der Waals surface area contributed by atoms with E-state index < -0.39 is 0 Å². The summed E-state index contributed by atoms with van der Waals surface area (Å²) >= 11 is 1.33. The molecule has 0 aliphatic carbocycles. The molecule has 0 radical (unpaired) electrons. The molecule has 1 aliphatic rings. The molecule has 0 unspecified atom stereocenters. The average Bonchev–Trinajstić information content (AvgIpc) is 2.99. The predicted octanol–water partition coefficient (Wildman–Crippen LogP) is 0.240. The van der Waals surface area contributed by atoms with Crippen molar-refractivity contribution < 1.29 is 4.79 Å². The first-order chi connectivity index (χ1) is 9.54. The van der Waals surface area contributed by atoms with E-state index in [2.05, 4.69) is 15.2 Å². The third-order valence-corrected chi connectivity index (χ3v) is 3.91. The Labute approximate surface area is 122 Å². The summed E-state index contributed by atoms with van der Waals surface area (Å²) in [7, 11) is 1.69. The van der Waals surface area contributed by atoms with Gasteiger partial charge in [-0.3, -0.25) is 9.69 Å². The fraction of sp³-hybridized carbons (Fsp3) is 0.500. The summed E-state index contributed by atoms with van der Waals surface area (Å²) in [5, 5.41) is 4.73. The topological polar surface area (TPSA) is 101 Å². The van der Waals surface area contributed by atoms with E-state index in [-0.39, 0.29) is 5.91 Å². The van der Waals surface area contributed by atoms with E-state index in [1.54, 1.807) is 19.4 Å². The molecule has 1 aliphatic heterocycles. The molecule has 0 spiro atoms. The highest BCUT2D eigenvalue weighted by molar-refractivity contribution is 7.16. The average molecular weight is 296 g/mol. The van der Waals surface area contributed by atoms with Crippen LogP contribution in [-0.2, 0) is 4.79 Å². The second-order valence-corrected chi connectivity index (χ2v) is 5.84. The number of nitrogens with one attached hydrogen (secondary N) is 1. The molecule has 0 aromatic carbocycles. The summed E-state index contributed by atoms with van der Waals surface area (Å²) in [6.45, 7) is 2.41. The molecule has 1 fully saturated rings. The van der Waals surface area contributed by atoms with Crippen molar-refractivity contribution in [1.29, 1.82) is 0 Å². The molecular formula is C12H20N6OS. The third kappa shape index (κ3) is 4.19. The molecule has 1 aromatic rings. The Hall–Kier alpha value is -1.64. The van der Waals surface area contributed by atoms with Crippen molar-refractivity contribution in [3.05, 3.63) is 17.3 Å². The normalized spacial score (nSPS) is 16.4. The summed E-state index contributed by atoms with van der Waals surface area (Å²) in [5.41, 5.74) is 6.38. The molecule has 20 heavy (non-hydrogen) atoms. The van der Waals surface area contributed by atoms with Gasteiger partial charge in [-0.2, -0.15) is 0 Å². The van der Waals surface area contributed by atoms with Gasteiger partial charge in [0, 0.05) is 19.4 Å². The van der Waals surface area contributed by atoms with Crippen LogP contribution >= 0.6 is 11.3 Å². The summed E-state index contributed by atoms with van der Waals surface area (Å²) in [5.74, 6) is 5.46. The number of nitrogens with zero attached hydrogens (tertiary/aromatic N) is 3. The van der Waals surface area contributed by atoms with Crippen LogP contribution in [0, 0.1) is 0 Å². The minimum Gasteiger partial charge on any atom is -0.396 e. The largest absolute Gasteiger partial charge is 0.396 e.